The van der Waals surface area contributed by atoms with Gasteiger partial charge in [-0.15, -0.1) is 0 Å². The van der Waals surface area contributed by atoms with Gasteiger partial charge >= 0.3 is 0 Å². The molecule has 2 aromatic heterocycles. The summed E-state index contributed by atoms with van der Waals surface area (Å²) in [6.45, 7) is 2.37. The molecular formula is C23H18ClFN4O2. The number of aromatic nitrogens is 2. The van der Waals surface area contributed by atoms with E-state index in [1.54, 1.807) is 53.6 Å². The number of carbonyl (C=O) groups is 1. The van der Waals surface area contributed by atoms with Crippen LogP contribution in [0.4, 0.5) is 10.1 Å². The fourth-order valence-electron chi connectivity index (χ4n) is 3.91. The number of hydrogen-bond donors (Lipinski definition) is 0. The summed E-state index contributed by atoms with van der Waals surface area (Å²) in [4.78, 5) is 34.4. The van der Waals surface area contributed by atoms with Gasteiger partial charge in [0.1, 0.15) is 11.5 Å². The maximum Gasteiger partial charge on any atom is 0.265 e. The number of anilines is 1. The number of pyridine rings is 1. The summed E-state index contributed by atoms with van der Waals surface area (Å²) in [5, 5.41) is 0.861. The van der Waals surface area contributed by atoms with Gasteiger partial charge in [0, 0.05) is 43.1 Å². The fourth-order valence-corrected chi connectivity index (χ4v) is 4.08. The van der Waals surface area contributed by atoms with Gasteiger partial charge in [-0.1, -0.05) is 11.6 Å². The Morgan fingerprint density at radius 1 is 0.968 bits per heavy atom. The number of fused-ring (bicyclic) bond motifs is 2. The third kappa shape index (κ3) is 3.61. The van der Waals surface area contributed by atoms with Gasteiger partial charge < -0.3 is 9.80 Å². The summed E-state index contributed by atoms with van der Waals surface area (Å²) >= 11 is 6.03. The van der Waals surface area contributed by atoms with E-state index in [-0.39, 0.29) is 17.3 Å². The smallest absolute Gasteiger partial charge is 0.265 e. The molecule has 0 spiro atoms. The van der Waals surface area contributed by atoms with Crippen LogP contribution in [0.3, 0.4) is 0 Å². The van der Waals surface area contributed by atoms with E-state index in [0.717, 1.165) is 5.69 Å². The molecule has 31 heavy (non-hydrogen) atoms. The number of piperazine rings is 1. The van der Waals surface area contributed by atoms with Crippen LogP contribution in [0.25, 0.3) is 16.6 Å². The van der Waals surface area contributed by atoms with Crippen LogP contribution < -0.4 is 10.5 Å². The molecule has 0 N–H and O–H groups in total. The lowest BCUT2D eigenvalue weighted by Gasteiger charge is -2.36. The Morgan fingerprint density at radius 3 is 2.45 bits per heavy atom. The molecule has 0 bridgehead atoms. The first kappa shape index (κ1) is 19.5. The quantitative estimate of drug-likeness (QED) is 0.450. The van der Waals surface area contributed by atoms with E-state index in [2.05, 4.69) is 9.88 Å². The molecule has 0 aliphatic carbocycles. The molecule has 6 nitrogen and oxygen atoms in total. The minimum Gasteiger partial charge on any atom is -0.368 e. The zero-order chi connectivity index (χ0) is 21.5. The Hall–Kier alpha value is -3.45. The Labute approximate surface area is 182 Å². The largest absolute Gasteiger partial charge is 0.368 e. The molecule has 0 atom stereocenters. The van der Waals surface area contributed by atoms with E-state index in [1.807, 2.05) is 0 Å². The Bertz CT molecular complexity index is 1360. The average Bonchev–Trinajstić information content (AvgIpc) is 2.80. The van der Waals surface area contributed by atoms with Gasteiger partial charge in [0.25, 0.3) is 11.5 Å². The second-order valence-electron chi connectivity index (χ2n) is 7.48. The average molecular weight is 437 g/mol. The van der Waals surface area contributed by atoms with Crippen molar-refractivity contribution in [3.05, 3.63) is 87.6 Å². The molecule has 1 aliphatic rings. The highest BCUT2D eigenvalue weighted by Crippen LogP contribution is 2.19. The SMILES string of the molecule is O=C(c1ccc2nc3ccc(Cl)cc3c(=O)n2c1)N1CCN(c2ccc(F)cc2)CC1. The second-order valence-corrected chi connectivity index (χ2v) is 7.92. The van der Waals surface area contributed by atoms with Crippen LogP contribution in [0.5, 0.6) is 0 Å². The van der Waals surface area contributed by atoms with Gasteiger partial charge in [-0.3, -0.25) is 14.0 Å². The first-order valence-corrected chi connectivity index (χ1v) is 10.3. The molecule has 156 valence electrons. The third-order valence-corrected chi connectivity index (χ3v) is 5.81. The maximum atomic E-state index is 13.1. The van der Waals surface area contributed by atoms with E-state index < -0.39 is 0 Å². The standard InChI is InChI=1S/C23H18ClFN4O2/c24-16-2-7-20-19(13-16)23(31)29-14-15(1-8-21(29)26-20)22(30)28-11-9-27(10-12-28)18-5-3-17(25)4-6-18/h1-8,13-14H,9-12H2. The van der Waals surface area contributed by atoms with E-state index in [1.165, 1.54) is 16.5 Å². The summed E-state index contributed by atoms with van der Waals surface area (Å²) < 4.78 is 14.5. The molecule has 0 radical (unpaired) electrons. The lowest BCUT2D eigenvalue weighted by molar-refractivity contribution is 0.0746. The molecule has 1 amide bonds. The molecule has 0 unspecified atom stereocenters. The van der Waals surface area contributed by atoms with E-state index in [9.17, 15) is 14.0 Å². The molecule has 1 saturated heterocycles. The lowest BCUT2D eigenvalue weighted by Crippen LogP contribution is -2.48. The van der Waals surface area contributed by atoms with Crippen LogP contribution in [0.2, 0.25) is 5.02 Å². The van der Waals surface area contributed by atoms with Crippen LogP contribution in [0, 0.1) is 5.82 Å². The van der Waals surface area contributed by atoms with Crippen molar-refractivity contribution in [1.82, 2.24) is 14.3 Å². The van der Waals surface area contributed by atoms with Crippen molar-refractivity contribution < 1.29 is 9.18 Å². The number of halogens is 2. The van der Waals surface area contributed by atoms with Crippen molar-refractivity contribution in [1.29, 1.82) is 0 Å². The topological polar surface area (TPSA) is 57.9 Å². The second kappa shape index (κ2) is 7.67. The zero-order valence-corrected chi connectivity index (χ0v) is 17.2. The Morgan fingerprint density at radius 2 is 1.71 bits per heavy atom. The first-order valence-electron chi connectivity index (χ1n) is 9.91. The molecule has 8 heteroatoms. The summed E-state index contributed by atoms with van der Waals surface area (Å²) in [6, 6.07) is 14.7. The van der Waals surface area contributed by atoms with Gasteiger partial charge in [-0.05, 0) is 54.6 Å². The summed E-state index contributed by atoms with van der Waals surface area (Å²) in [6.07, 6.45) is 1.54. The molecule has 2 aromatic carbocycles. The van der Waals surface area contributed by atoms with Crippen LogP contribution in [-0.2, 0) is 0 Å². The Kier molecular flexibility index (Phi) is 4.82. The van der Waals surface area contributed by atoms with Crippen molar-refractivity contribution >= 4 is 39.7 Å². The first-order chi connectivity index (χ1) is 15.0. The highest BCUT2D eigenvalue weighted by molar-refractivity contribution is 6.31. The van der Waals surface area contributed by atoms with Gasteiger partial charge in [0.2, 0.25) is 0 Å². The van der Waals surface area contributed by atoms with E-state index in [4.69, 9.17) is 11.6 Å². The van der Waals surface area contributed by atoms with Crippen molar-refractivity contribution in [3.63, 3.8) is 0 Å². The van der Waals surface area contributed by atoms with Crippen molar-refractivity contribution in [2.24, 2.45) is 0 Å². The predicted octanol–water partition coefficient (Wildman–Crippen LogP) is 3.60. The number of nitrogens with zero attached hydrogens (tertiary/aromatic N) is 4. The number of carbonyl (C=O) groups excluding carboxylic acids is 1. The van der Waals surface area contributed by atoms with Gasteiger partial charge in [-0.25, -0.2) is 9.37 Å². The van der Waals surface area contributed by atoms with Crippen molar-refractivity contribution in [2.75, 3.05) is 31.1 Å². The molecule has 4 aromatic rings. The van der Waals surface area contributed by atoms with E-state index >= 15 is 0 Å². The number of benzene rings is 2. The van der Waals surface area contributed by atoms with Gasteiger partial charge in [0.15, 0.2) is 0 Å². The fraction of sp³-hybridized carbons (Fsp3) is 0.174. The monoisotopic (exact) mass is 436 g/mol. The normalized spacial score (nSPS) is 14.4. The van der Waals surface area contributed by atoms with Crippen LogP contribution in [0.15, 0.2) is 65.6 Å². The van der Waals surface area contributed by atoms with Crippen molar-refractivity contribution in [3.8, 4) is 0 Å². The van der Waals surface area contributed by atoms with Crippen LogP contribution in [0.1, 0.15) is 10.4 Å². The zero-order valence-electron chi connectivity index (χ0n) is 16.5. The van der Waals surface area contributed by atoms with Crippen LogP contribution in [-0.4, -0.2) is 46.4 Å². The molecule has 5 rings (SSSR count). The molecule has 3 heterocycles. The lowest BCUT2D eigenvalue weighted by atomic mass is 10.2. The Balaban J connectivity index is 1.40. The van der Waals surface area contributed by atoms with E-state index in [0.29, 0.717) is 53.3 Å². The van der Waals surface area contributed by atoms with Crippen molar-refractivity contribution in [2.45, 2.75) is 0 Å². The minimum absolute atomic E-state index is 0.140. The molecule has 1 aliphatic heterocycles. The maximum absolute atomic E-state index is 13.1. The number of rotatable bonds is 2. The summed E-state index contributed by atoms with van der Waals surface area (Å²) in [5.41, 5.74) is 2.12. The highest BCUT2D eigenvalue weighted by Gasteiger charge is 2.23. The minimum atomic E-state index is -0.270. The highest BCUT2D eigenvalue weighted by atomic mass is 35.5. The molecule has 0 saturated carbocycles. The summed E-state index contributed by atoms with van der Waals surface area (Å²) in [7, 11) is 0. The predicted molar refractivity (Wildman–Crippen MR) is 118 cm³/mol. The van der Waals surface area contributed by atoms with Crippen LogP contribution >= 0.6 is 11.6 Å². The van der Waals surface area contributed by atoms with Gasteiger partial charge in [0.05, 0.1) is 16.5 Å². The molecule has 1 fully saturated rings. The van der Waals surface area contributed by atoms with Gasteiger partial charge in [-0.2, -0.15) is 0 Å². The number of amides is 1. The summed E-state index contributed by atoms with van der Waals surface area (Å²) in [5.74, 6) is -0.410. The molecular weight excluding hydrogens is 419 g/mol. The third-order valence-electron chi connectivity index (χ3n) is 5.58. The number of hydrogen-bond acceptors (Lipinski definition) is 4.